The van der Waals surface area contributed by atoms with E-state index >= 15 is 0 Å². The van der Waals surface area contributed by atoms with Gasteiger partial charge in [0.2, 0.25) is 11.7 Å². The lowest BCUT2D eigenvalue weighted by molar-refractivity contribution is -0.124. The maximum Gasteiger partial charge on any atom is 0.237 e. The largest absolute Gasteiger partial charge is 0.502 e. The van der Waals surface area contributed by atoms with E-state index in [0.29, 0.717) is 18.0 Å². The number of rotatable bonds is 5. The zero-order valence-electron chi connectivity index (χ0n) is 11.7. The second-order valence-electron chi connectivity index (χ2n) is 4.72. The van der Waals surface area contributed by atoms with E-state index in [-0.39, 0.29) is 17.7 Å². The Labute approximate surface area is 118 Å². The third-order valence-electron chi connectivity index (χ3n) is 3.38. The van der Waals surface area contributed by atoms with Gasteiger partial charge in [-0.3, -0.25) is 4.79 Å². The number of nitrogens with one attached hydrogen (secondary N) is 2. The topological polar surface area (TPSA) is 79.8 Å². The van der Waals surface area contributed by atoms with Crippen LogP contribution in [0.4, 0.5) is 0 Å². The van der Waals surface area contributed by atoms with Crippen molar-refractivity contribution >= 4 is 5.91 Å². The van der Waals surface area contributed by atoms with Gasteiger partial charge in [0.25, 0.3) is 0 Å². The lowest BCUT2D eigenvalue weighted by atomic mass is 10.1. The SMILES string of the molecule is COc1cc(CNC2CCCNC2=O)cc(OC)c1O. The van der Waals surface area contributed by atoms with E-state index in [1.165, 1.54) is 14.2 Å². The predicted octanol–water partition coefficient (Wildman–Crippen LogP) is 0.778. The summed E-state index contributed by atoms with van der Waals surface area (Å²) in [6.07, 6.45) is 1.81. The summed E-state index contributed by atoms with van der Waals surface area (Å²) in [6.45, 7) is 1.25. The first-order valence-electron chi connectivity index (χ1n) is 6.60. The van der Waals surface area contributed by atoms with Crippen molar-refractivity contribution in [2.45, 2.75) is 25.4 Å². The number of hydrogen-bond acceptors (Lipinski definition) is 5. The van der Waals surface area contributed by atoms with Crippen LogP contribution >= 0.6 is 0 Å². The molecule has 0 spiro atoms. The highest BCUT2D eigenvalue weighted by Crippen LogP contribution is 2.37. The molecule has 1 aromatic carbocycles. The monoisotopic (exact) mass is 280 g/mol. The Morgan fingerprint density at radius 3 is 2.55 bits per heavy atom. The van der Waals surface area contributed by atoms with Crippen molar-refractivity contribution in [1.82, 2.24) is 10.6 Å². The number of phenolic OH excluding ortho intramolecular Hbond substituents is 1. The van der Waals surface area contributed by atoms with E-state index in [1.807, 2.05) is 0 Å². The number of carbonyl (C=O) groups is 1. The first-order valence-corrected chi connectivity index (χ1v) is 6.60. The average Bonchev–Trinajstić information content (AvgIpc) is 2.47. The number of methoxy groups -OCH3 is 2. The molecule has 0 radical (unpaired) electrons. The molecular formula is C14H20N2O4. The van der Waals surface area contributed by atoms with Crippen molar-refractivity contribution in [1.29, 1.82) is 0 Å². The Morgan fingerprint density at radius 1 is 1.35 bits per heavy atom. The van der Waals surface area contributed by atoms with Crippen LogP contribution in [-0.4, -0.2) is 37.8 Å². The van der Waals surface area contributed by atoms with Crippen LogP contribution in [0.1, 0.15) is 18.4 Å². The summed E-state index contributed by atoms with van der Waals surface area (Å²) in [5, 5.41) is 15.9. The van der Waals surface area contributed by atoms with Crippen LogP contribution in [0.5, 0.6) is 17.2 Å². The average molecular weight is 280 g/mol. The summed E-state index contributed by atoms with van der Waals surface area (Å²) in [7, 11) is 2.97. The van der Waals surface area contributed by atoms with Gasteiger partial charge in [-0.05, 0) is 30.5 Å². The molecule has 1 fully saturated rings. The minimum absolute atomic E-state index is 0.0193. The van der Waals surface area contributed by atoms with Gasteiger partial charge in [0.05, 0.1) is 20.3 Å². The molecule has 1 atom stereocenters. The van der Waals surface area contributed by atoms with E-state index in [0.717, 1.165) is 24.9 Å². The number of hydrogen-bond donors (Lipinski definition) is 3. The third-order valence-corrected chi connectivity index (χ3v) is 3.38. The molecule has 3 N–H and O–H groups in total. The zero-order valence-corrected chi connectivity index (χ0v) is 11.7. The van der Waals surface area contributed by atoms with Crippen LogP contribution < -0.4 is 20.1 Å². The molecule has 6 nitrogen and oxygen atoms in total. The van der Waals surface area contributed by atoms with Gasteiger partial charge in [-0.2, -0.15) is 0 Å². The third kappa shape index (κ3) is 3.14. The van der Waals surface area contributed by atoms with Crippen molar-refractivity contribution in [2.24, 2.45) is 0 Å². The Kier molecular flexibility index (Phi) is 4.68. The fourth-order valence-corrected chi connectivity index (χ4v) is 2.26. The van der Waals surface area contributed by atoms with Gasteiger partial charge in [-0.25, -0.2) is 0 Å². The Balaban J connectivity index is 2.07. The quantitative estimate of drug-likeness (QED) is 0.742. The van der Waals surface area contributed by atoms with Crippen molar-refractivity contribution in [3.05, 3.63) is 17.7 Å². The lowest BCUT2D eigenvalue weighted by Crippen LogP contribution is -2.47. The van der Waals surface area contributed by atoms with Crippen LogP contribution in [0, 0.1) is 0 Å². The summed E-state index contributed by atoms with van der Waals surface area (Å²) >= 11 is 0. The molecule has 0 aromatic heterocycles. The van der Waals surface area contributed by atoms with Gasteiger partial charge < -0.3 is 25.2 Å². The summed E-state index contributed by atoms with van der Waals surface area (Å²) < 4.78 is 10.2. The highest BCUT2D eigenvalue weighted by molar-refractivity contribution is 5.82. The second kappa shape index (κ2) is 6.47. The molecule has 2 rings (SSSR count). The van der Waals surface area contributed by atoms with Gasteiger partial charge >= 0.3 is 0 Å². The number of amides is 1. The van der Waals surface area contributed by atoms with Crippen molar-refractivity contribution in [3.63, 3.8) is 0 Å². The molecule has 0 bridgehead atoms. The smallest absolute Gasteiger partial charge is 0.237 e. The zero-order chi connectivity index (χ0) is 14.5. The number of carbonyl (C=O) groups excluding carboxylic acids is 1. The van der Waals surface area contributed by atoms with Gasteiger partial charge in [-0.1, -0.05) is 0 Å². The highest BCUT2D eigenvalue weighted by atomic mass is 16.5. The van der Waals surface area contributed by atoms with E-state index in [4.69, 9.17) is 9.47 Å². The normalized spacial score (nSPS) is 18.5. The molecule has 1 unspecified atom stereocenters. The molecule has 1 saturated heterocycles. The molecule has 0 saturated carbocycles. The number of phenols is 1. The van der Waals surface area contributed by atoms with Gasteiger partial charge in [-0.15, -0.1) is 0 Å². The number of aromatic hydroxyl groups is 1. The van der Waals surface area contributed by atoms with E-state index in [2.05, 4.69) is 10.6 Å². The molecule has 1 aromatic rings. The van der Waals surface area contributed by atoms with Crippen molar-refractivity contribution in [3.8, 4) is 17.2 Å². The maximum atomic E-state index is 11.7. The van der Waals surface area contributed by atoms with Crippen LogP contribution in [0.25, 0.3) is 0 Å². The van der Waals surface area contributed by atoms with Gasteiger partial charge in [0.1, 0.15) is 0 Å². The molecular weight excluding hydrogens is 260 g/mol. The lowest BCUT2D eigenvalue weighted by Gasteiger charge is -2.23. The Morgan fingerprint density at radius 2 is 2.00 bits per heavy atom. The Hall–Kier alpha value is -1.95. The highest BCUT2D eigenvalue weighted by Gasteiger charge is 2.21. The molecule has 6 heteroatoms. The minimum atomic E-state index is -0.172. The van der Waals surface area contributed by atoms with E-state index in [1.54, 1.807) is 12.1 Å². The standard InChI is InChI=1S/C14H20N2O4/c1-19-11-6-9(7-12(20-2)13(11)17)8-16-10-4-3-5-15-14(10)18/h6-7,10,16-17H,3-5,8H2,1-2H3,(H,15,18). The van der Waals surface area contributed by atoms with E-state index < -0.39 is 0 Å². The molecule has 1 amide bonds. The molecule has 20 heavy (non-hydrogen) atoms. The number of benzene rings is 1. The fourth-order valence-electron chi connectivity index (χ4n) is 2.26. The molecule has 1 aliphatic heterocycles. The summed E-state index contributed by atoms with van der Waals surface area (Å²) in [4.78, 5) is 11.7. The molecule has 0 aliphatic carbocycles. The van der Waals surface area contributed by atoms with Gasteiger partial charge in [0, 0.05) is 13.1 Å². The number of piperidine rings is 1. The van der Waals surface area contributed by atoms with Crippen LogP contribution in [0.2, 0.25) is 0 Å². The van der Waals surface area contributed by atoms with E-state index in [9.17, 15) is 9.90 Å². The van der Waals surface area contributed by atoms with Crippen molar-refractivity contribution in [2.75, 3.05) is 20.8 Å². The molecule has 110 valence electrons. The molecule has 1 heterocycles. The first kappa shape index (κ1) is 14.5. The van der Waals surface area contributed by atoms with Crippen LogP contribution in [0.3, 0.4) is 0 Å². The number of ether oxygens (including phenoxy) is 2. The summed E-state index contributed by atoms with van der Waals surface area (Å²) in [6, 6.07) is 3.28. The van der Waals surface area contributed by atoms with Crippen molar-refractivity contribution < 1.29 is 19.4 Å². The Bertz CT molecular complexity index is 465. The second-order valence-corrected chi connectivity index (χ2v) is 4.72. The minimum Gasteiger partial charge on any atom is -0.502 e. The van der Waals surface area contributed by atoms with Crippen LogP contribution in [0.15, 0.2) is 12.1 Å². The fraction of sp³-hybridized carbons (Fsp3) is 0.500. The summed E-state index contributed by atoms with van der Waals surface area (Å²) in [5.41, 5.74) is 0.884. The molecule has 1 aliphatic rings. The van der Waals surface area contributed by atoms with Crippen LogP contribution in [-0.2, 0) is 11.3 Å². The summed E-state index contributed by atoms with van der Waals surface area (Å²) in [5.74, 6) is 0.728. The van der Waals surface area contributed by atoms with Gasteiger partial charge in [0.15, 0.2) is 11.5 Å². The maximum absolute atomic E-state index is 11.7. The predicted molar refractivity (Wildman–Crippen MR) is 74.1 cm³/mol. The first-order chi connectivity index (χ1) is 9.65.